The molecule has 1 heterocycles. The molecule has 0 aromatic heterocycles. The molecule has 2 amide bonds. The maximum Gasteiger partial charge on any atom is 0.323 e. The minimum Gasteiger partial charge on any atom is -0.480 e. The summed E-state index contributed by atoms with van der Waals surface area (Å²) in [5.74, 6) is -0.972. The van der Waals surface area contributed by atoms with Crippen LogP contribution in [-0.2, 0) is 4.79 Å². The molecule has 1 aliphatic rings. The lowest BCUT2D eigenvalue weighted by Crippen LogP contribution is -2.43. The molecular weight excluding hydrogens is 196 g/mol. The fourth-order valence-electron chi connectivity index (χ4n) is 1.77. The number of rotatable bonds is 2. The fourth-order valence-corrected chi connectivity index (χ4v) is 1.77. The van der Waals surface area contributed by atoms with E-state index in [0.717, 1.165) is 38.8 Å². The van der Waals surface area contributed by atoms with Crippen molar-refractivity contribution >= 4 is 12.0 Å². The Morgan fingerprint density at radius 2 is 1.73 bits per heavy atom. The van der Waals surface area contributed by atoms with E-state index in [1.807, 2.05) is 0 Å². The van der Waals surface area contributed by atoms with Crippen LogP contribution >= 0.6 is 0 Å². The summed E-state index contributed by atoms with van der Waals surface area (Å²) >= 11 is 0. The molecule has 0 aromatic rings. The van der Waals surface area contributed by atoms with E-state index in [-0.39, 0.29) is 12.6 Å². The van der Waals surface area contributed by atoms with Crippen molar-refractivity contribution in [3.8, 4) is 0 Å². The second kappa shape index (κ2) is 5.58. The SMILES string of the molecule is CN(CC(=O)O)C(=O)N1CCCCCC1. The summed E-state index contributed by atoms with van der Waals surface area (Å²) in [5, 5.41) is 8.57. The normalized spacial score (nSPS) is 17.0. The van der Waals surface area contributed by atoms with Crippen LogP contribution in [0.1, 0.15) is 25.7 Å². The summed E-state index contributed by atoms with van der Waals surface area (Å²) in [6.45, 7) is 1.28. The molecule has 0 saturated carbocycles. The smallest absolute Gasteiger partial charge is 0.323 e. The molecular formula is C10H18N2O3. The van der Waals surface area contributed by atoms with Gasteiger partial charge in [0.1, 0.15) is 6.54 Å². The molecule has 0 unspecified atom stereocenters. The molecule has 0 atom stereocenters. The van der Waals surface area contributed by atoms with E-state index < -0.39 is 5.97 Å². The van der Waals surface area contributed by atoms with Gasteiger partial charge in [0.05, 0.1) is 0 Å². The Bertz CT molecular complexity index is 235. The molecule has 15 heavy (non-hydrogen) atoms. The molecule has 1 saturated heterocycles. The Morgan fingerprint density at radius 3 is 2.20 bits per heavy atom. The van der Waals surface area contributed by atoms with Gasteiger partial charge in [-0.25, -0.2) is 4.79 Å². The minimum atomic E-state index is -0.972. The molecule has 0 bridgehead atoms. The van der Waals surface area contributed by atoms with Crippen molar-refractivity contribution in [1.29, 1.82) is 0 Å². The zero-order valence-electron chi connectivity index (χ0n) is 9.11. The third kappa shape index (κ3) is 3.77. The van der Waals surface area contributed by atoms with Crippen LogP contribution in [0.15, 0.2) is 0 Å². The molecule has 0 spiro atoms. The van der Waals surface area contributed by atoms with E-state index in [1.165, 1.54) is 11.9 Å². The molecule has 1 rings (SSSR count). The molecule has 0 radical (unpaired) electrons. The zero-order chi connectivity index (χ0) is 11.3. The number of amides is 2. The van der Waals surface area contributed by atoms with Crippen molar-refractivity contribution < 1.29 is 14.7 Å². The van der Waals surface area contributed by atoms with Crippen LogP contribution in [-0.4, -0.2) is 53.6 Å². The topological polar surface area (TPSA) is 60.9 Å². The van der Waals surface area contributed by atoms with Crippen LogP contribution in [0.25, 0.3) is 0 Å². The summed E-state index contributed by atoms with van der Waals surface area (Å²) < 4.78 is 0. The van der Waals surface area contributed by atoms with Gasteiger partial charge in [0.2, 0.25) is 0 Å². The minimum absolute atomic E-state index is 0.167. The highest BCUT2D eigenvalue weighted by Crippen LogP contribution is 2.10. The van der Waals surface area contributed by atoms with Crippen molar-refractivity contribution in [3.63, 3.8) is 0 Å². The van der Waals surface area contributed by atoms with Crippen molar-refractivity contribution in [2.45, 2.75) is 25.7 Å². The van der Waals surface area contributed by atoms with Gasteiger partial charge >= 0.3 is 12.0 Å². The standard InChI is InChI=1S/C10H18N2O3/c1-11(8-9(13)14)10(15)12-6-4-2-3-5-7-12/h2-8H2,1H3,(H,13,14). The van der Waals surface area contributed by atoms with E-state index in [2.05, 4.69) is 0 Å². The highest BCUT2D eigenvalue weighted by Gasteiger charge is 2.20. The maximum absolute atomic E-state index is 11.8. The number of aliphatic carboxylic acids is 1. The van der Waals surface area contributed by atoms with Crippen LogP contribution in [0.5, 0.6) is 0 Å². The highest BCUT2D eigenvalue weighted by molar-refractivity contribution is 5.79. The predicted molar refractivity (Wildman–Crippen MR) is 55.7 cm³/mol. The van der Waals surface area contributed by atoms with Gasteiger partial charge in [-0.1, -0.05) is 12.8 Å². The molecule has 86 valence electrons. The number of urea groups is 1. The average Bonchev–Trinajstić information content (AvgIpc) is 2.43. The quantitative estimate of drug-likeness (QED) is 0.746. The van der Waals surface area contributed by atoms with Crippen molar-refractivity contribution in [1.82, 2.24) is 9.80 Å². The third-order valence-electron chi connectivity index (χ3n) is 2.58. The Hall–Kier alpha value is -1.26. The molecule has 0 aliphatic carbocycles. The first-order valence-corrected chi connectivity index (χ1v) is 5.33. The van der Waals surface area contributed by atoms with Gasteiger partial charge in [0.15, 0.2) is 0 Å². The summed E-state index contributed by atoms with van der Waals surface area (Å²) in [5.41, 5.74) is 0. The number of hydrogen-bond acceptors (Lipinski definition) is 2. The van der Waals surface area contributed by atoms with Gasteiger partial charge < -0.3 is 14.9 Å². The summed E-state index contributed by atoms with van der Waals surface area (Å²) in [7, 11) is 1.53. The zero-order valence-corrected chi connectivity index (χ0v) is 9.11. The second-order valence-corrected chi connectivity index (χ2v) is 3.93. The number of carbonyl (C=O) groups is 2. The largest absolute Gasteiger partial charge is 0.480 e. The van der Waals surface area contributed by atoms with Gasteiger partial charge in [-0.05, 0) is 12.8 Å². The molecule has 0 aromatic carbocycles. The lowest BCUT2D eigenvalue weighted by Gasteiger charge is -2.25. The van der Waals surface area contributed by atoms with E-state index in [9.17, 15) is 9.59 Å². The van der Waals surface area contributed by atoms with Gasteiger partial charge in [0.25, 0.3) is 0 Å². The monoisotopic (exact) mass is 214 g/mol. The van der Waals surface area contributed by atoms with Crippen LogP contribution in [0, 0.1) is 0 Å². The van der Waals surface area contributed by atoms with Crippen molar-refractivity contribution in [2.75, 3.05) is 26.7 Å². The van der Waals surface area contributed by atoms with Gasteiger partial charge in [-0.3, -0.25) is 4.79 Å². The number of carbonyl (C=O) groups excluding carboxylic acids is 1. The van der Waals surface area contributed by atoms with Gasteiger partial charge in [0, 0.05) is 20.1 Å². The van der Waals surface area contributed by atoms with Crippen LogP contribution in [0.4, 0.5) is 4.79 Å². The number of likely N-dealkylation sites (tertiary alicyclic amines) is 1. The van der Waals surface area contributed by atoms with Crippen LogP contribution in [0.3, 0.4) is 0 Å². The predicted octanol–water partition coefficient (Wildman–Crippen LogP) is 0.999. The first-order chi connectivity index (χ1) is 7.11. The number of hydrogen-bond donors (Lipinski definition) is 1. The first kappa shape index (κ1) is 11.8. The van der Waals surface area contributed by atoms with E-state index in [0.29, 0.717) is 0 Å². The van der Waals surface area contributed by atoms with Crippen molar-refractivity contribution in [3.05, 3.63) is 0 Å². The maximum atomic E-state index is 11.8. The summed E-state index contributed by atoms with van der Waals surface area (Å²) in [6.07, 6.45) is 4.36. The Balaban J connectivity index is 2.46. The average molecular weight is 214 g/mol. The Morgan fingerprint density at radius 1 is 1.20 bits per heavy atom. The number of nitrogens with zero attached hydrogens (tertiary/aromatic N) is 2. The third-order valence-corrected chi connectivity index (χ3v) is 2.58. The first-order valence-electron chi connectivity index (χ1n) is 5.33. The molecule has 5 nitrogen and oxygen atoms in total. The number of carboxylic acid groups (broad SMARTS) is 1. The fraction of sp³-hybridized carbons (Fsp3) is 0.800. The second-order valence-electron chi connectivity index (χ2n) is 3.93. The number of carboxylic acids is 1. The lowest BCUT2D eigenvalue weighted by molar-refractivity contribution is -0.137. The number of likely N-dealkylation sites (N-methyl/N-ethyl adjacent to an activating group) is 1. The van der Waals surface area contributed by atoms with E-state index in [4.69, 9.17) is 5.11 Å². The molecule has 1 N–H and O–H groups in total. The highest BCUT2D eigenvalue weighted by atomic mass is 16.4. The molecule has 5 heteroatoms. The summed E-state index contributed by atoms with van der Waals surface area (Å²) in [6, 6.07) is -0.167. The van der Waals surface area contributed by atoms with E-state index in [1.54, 1.807) is 4.90 Å². The summed E-state index contributed by atoms with van der Waals surface area (Å²) in [4.78, 5) is 25.2. The van der Waals surface area contributed by atoms with Crippen molar-refractivity contribution in [2.24, 2.45) is 0 Å². The Labute approximate surface area is 89.7 Å². The van der Waals surface area contributed by atoms with E-state index >= 15 is 0 Å². The van der Waals surface area contributed by atoms with Crippen LogP contribution in [0.2, 0.25) is 0 Å². The van der Waals surface area contributed by atoms with Crippen LogP contribution < -0.4 is 0 Å². The molecule has 1 aliphatic heterocycles. The van der Waals surface area contributed by atoms with Gasteiger partial charge in [-0.2, -0.15) is 0 Å². The lowest BCUT2D eigenvalue weighted by atomic mass is 10.2. The Kier molecular flexibility index (Phi) is 4.39. The molecule has 1 fully saturated rings. The van der Waals surface area contributed by atoms with Gasteiger partial charge in [-0.15, -0.1) is 0 Å².